The van der Waals surface area contributed by atoms with E-state index in [0.29, 0.717) is 25.7 Å². The van der Waals surface area contributed by atoms with Crippen LogP contribution >= 0.6 is 0 Å². The molecule has 3 heteroatoms. The molecular formula is C11H18O3. The minimum absolute atomic E-state index is 0.0630. The molecule has 0 N–H and O–H groups in total. The van der Waals surface area contributed by atoms with Gasteiger partial charge in [-0.3, -0.25) is 9.59 Å². The van der Waals surface area contributed by atoms with Crippen molar-refractivity contribution in [3.63, 3.8) is 0 Å². The van der Waals surface area contributed by atoms with Crippen LogP contribution in [0.1, 0.15) is 46.5 Å². The van der Waals surface area contributed by atoms with E-state index >= 15 is 0 Å². The Morgan fingerprint density at radius 2 is 1.79 bits per heavy atom. The second kappa shape index (κ2) is 4.11. The van der Waals surface area contributed by atoms with Crippen molar-refractivity contribution >= 4 is 11.8 Å². The molecule has 0 spiro atoms. The van der Waals surface area contributed by atoms with Crippen LogP contribution in [0.3, 0.4) is 0 Å². The van der Waals surface area contributed by atoms with Gasteiger partial charge in [0.1, 0.15) is 11.4 Å². The third-order valence-corrected chi connectivity index (χ3v) is 2.28. The Morgan fingerprint density at radius 3 is 2.21 bits per heavy atom. The van der Waals surface area contributed by atoms with E-state index in [4.69, 9.17) is 4.74 Å². The van der Waals surface area contributed by atoms with Crippen LogP contribution in [0.4, 0.5) is 0 Å². The summed E-state index contributed by atoms with van der Waals surface area (Å²) >= 11 is 0. The van der Waals surface area contributed by atoms with Crippen molar-refractivity contribution < 1.29 is 14.3 Å². The van der Waals surface area contributed by atoms with Crippen molar-refractivity contribution in [2.24, 2.45) is 5.92 Å². The maximum Gasteiger partial charge on any atom is 0.309 e. The predicted octanol–water partition coefficient (Wildman–Crippen LogP) is 2.09. The summed E-state index contributed by atoms with van der Waals surface area (Å²) in [5.74, 6) is 0.0572. The van der Waals surface area contributed by atoms with Gasteiger partial charge >= 0.3 is 5.97 Å². The van der Waals surface area contributed by atoms with Crippen molar-refractivity contribution in [1.82, 2.24) is 0 Å². The Labute approximate surface area is 84.8 Å². The molecule has 0 unspecified atom stereocenters. The Morgan fingerprint density at radius 1 is 1.29 bits per heavy atom. The van der Waals surface area contributed by atoms with Gasteiger partial charge < -0.3 is 4.74 Å². The quantitative estimate of drug-likeness (QED) is 0.606. The van der Waals surface area contributed by atoms with Crippen LogP contribution in [0.2, 0.25) is 0 Å². The second-order valence-corrected chi connectivity index (χ2v) is 4.85. The van der Waals surface area contributed by atoms with Crippen molar-refractivity contribution in [2.75, 3.05) is 0 Å². The van der Waals surface area contributed by atoms with Crippen LogP contribution in [0.5, 0.6) is 0 Å². The first kappa shape index (κ1) is 11.2. The van der Waals surface area contributed by atoms with Crippen LogP contribution in [0.25, 0.3) is 0 Å². The van der Waals surface area contributed by atoms with Gasteiger partial charge in [-0.05, 0) is 33.6 Å². The highest BCUT2D eigenvalue weighted by molar-refractivity contribution is 5.82. The average molecular weight is 198 g/mol. The molecule has 1 fully saturated rings. The first-order valence-electron chi connectivity index (χ1n) is 5.13. The van der Waals surface area contributed by atoms with Gasteiger partial charge in [-0.15, -0.1) is 0 Å². The van der Waals surface area contributed by atoms with Crippen molar-refractivity contribution in [1.29, 1.82) is 0 Å². The molecule has 1 aliphatic carbocycles. The fourth-order valence-corrected chi connectivity index (χ4v) is 1.56. The fraction of sp³-hybridized carbons (Fsp3) is 0.818. The van der Waals surface area contributed by atoms with Gasteiger partial charge in [0.15, 0.2) is 0 Å². The summed E-state index contributed by atoms with van der Waals surface area (Å²) in [7, 11) is 0. The smallest absolute Gasteiger partial charge is 0.309 e. The molecule has 0 aliphatic heterocycles. The summed E-state index contributed by atoms with van der Waals surface area (Å²) < 4.78 is 5.26. The molecular weight excluding hydrogens is 180 g/mol. The third-order valence-electron chi connectivity index (χ3n) is 2.28. The minimum atomic E-state index is -0.418. The van der Waals surface area contributed by atoms with E-state index in [0.717, 1.165) is 0 Å². The molecule has 0 saturated heterocycles. The summed E-state index contributed by atoms with van der Waals surface area (Å²) in [5, 5.41) is 0. The minimum Gasteiger partial charge on any atom is -0.460 e. The zero-order valence-corrected chi connectivity index (χ0v) is 9.13. The van der Waals surface area contributed by atoms with Crippen LogP contribution in [0.15, 0.2) is 0 Å². The lowest BCUT2D eigenvalue weighted by atomic mass is 9.88. The Hall–Kier alpha value is -0.860. The van der Waals surface area contributed by atoms with Crippen molar-refractivity contribution in [3.05, 3.63) is 0 Å². The highest BCUT2D eigenvalue weighted by atomic mass is 16.6. The molecule has 0 aromatic carbocycles. The Bertz CT molecular complexity index is 227. The molecule has 3 nitrogen and oxygen atoms in total. The topological polar surface area (TPSA) is 43.4 Å². The monoisotopic (exact) mass is 198 g/mol. The van der Waals surface area contributed by atoms with E-state index in [2.05, 4.69) is 0 Å². The molecule has 1 rings (SSSR count). The number of carbonyl (C=O) groups excluding carboxylic acids is 2. The highest BCUT2D eigenvalue weighted by Gasteiger charge is 2.28. The van der Waals surface area contributed by atoms with Crippen molar-refractivity contribution in [3.8, 4) is 0 Å². The molecule has 1 saturated carbocycles. The first-order valence-corrected chi connectivity index (χ1v) is 5.13. The van der Waals surface area contributed by atoms with E-state index < -0.39 is 5.60 Å². The van der Waals surface area contributed by atoms with Crippen LogP contribution in [0, 0.1) is 5.92 Å². The van der Waals surface area contributed by atoms with Gasteiger partial charge in [0, 0.05) is 12.8 Å². The van der Waals surface area contributed by atoms with E-state index in [1.807, 2.05) is 20.8 Å². The van der Waals surface area contributed by atoms with Crippen LogP contribution in [-0.4, -0.2) is 17.4 Å². The number of hydrogen-bond acceptors (Lipinski definition) is 3. The molecule has 0 amide bonds. The van der Waals surface area contributed by atoms with E-state index in [9.17, 15) is 9.59 Å². The molecule has 14 heavy (non-hydrogen) atoms. The standard InChI is InChI=1S/C11H18O3/c1-11(2,3)14-10(13)8-4-6-9(12)7-5-8/h8H,4-7H2,1-3H3. The lowest BCUT2D eigenvalue weighted by molar-refractivity contribution is -0.161. The Kier molecular flexibility index (Phi) is 3.29. The summed E-state index contributed by atoms with van der Waals surface area (Å²) in [5.41, 5.74) is -0.418. The van der Waals surface area contributed by atoms with Crippen LogP contribution < -0.4 is 0 Å². The average Bonchev–Trinajstić information content (AvgIpc) is 2.02. The maximum atomic E-state index is 11.6. The molecule has 0 bridgehead atoms. The largest absolute Gasteiger partial charge is 0.460 e. The van der Waals surface area contributed by atoms with Gasteiger partial charge in [0.25, 0.3) is 0 Å². The van der Waals surface area contributed by atoms with Gasteiger partial charge in [-0.25, -0.2) is 0 Å². The van der Waals surface area contributed by atoms with Gasteiger partial charge in [0.2, 0.25) is 0 Å². The van der Waals surface area contributed by atoms with Crippen molar-refractivity contribution in [2.45, 2.75) is 52.1 Å². The van der Waals surface area contributed by atoms with Gasteiger partial charge in [-0.2, -0.15) is 0 Å². The van der Waals surface area contributed by atoms with Gasteiger partial charge in [0.05, 0.1) is 5.92 Å². The molecule has 0 heterocycles. The zero-order valence-electron chi connectivity index (χ0n) is 9.13. The van der Waals surface area contributed by atoms with Gasteiger partial charge in [-0.1, -0.05) is 0 Å². The number of hydrogen-bond donors (Lipinski definition) is 0. The first-order chi connectivity index (χ1) is 6.38. The summed E-state index contributed by atoms with van der Waals surface area (Å²) in [6, 6.07) is 0. The number of Topliss-reactive ketones (excluding diaryl/α,β-unsaturated/α-hetero) is 1. The maximum absolute atomic E-state index is 11.6. The van der Waals surface area contributed by atoms with E-state index in [1.54, 1.807) is 0 Å². The Balaban J connectivity index is 2.42. The highest BCUT2D eigenvalue weighted by Crippen LogP contribution is 2.24. The van der Waals surface area contributed by atoms with E-state index in [1.165, 1.54) is 0 Å². The number of carbonyl (C=O) groups is 2. The number of ether oxygens (including phenoxy) is 1. The molecule has 1 aliphatic rings. The van der Waals surface area contributed by atoms with Crippen LogP contribution in [-0.2, 0) is 14.3 Å². The number of rotatable bonds is 1. The number of esters is 1. The summed E-state index contributed by atoms with van der Waals surface area (Å²) in [4.78, 5) is 22.6. The number of ketones is 1. The second-order valence-electron chi connectivity index (χ2n) is 4.85. The molecule has 0 aromatic rings. The SMILES string of the molecule is CC(C)(C)OC(=O)C1CCC(=O)CC1. The predicted molar refractivity (Wildman–Crippen MR) is 52.8 cm³/mol. The third kappa shape index (κ3) is 3.48. The zero-order chi connectivity index (χ0) is 10.8. The molecule has 0 aromatic heterocycles. The molecule has 0 radical (unpaired) electrons. The lowest BCUT2D eigenvalue weighted by Crippen LogP contribution is -2.30. The summed E-state index contributed by atoms with van der Waals surface area (Å²) in [6.45, 7) is 5.58. The van der Waals surface area contributed by atoms with E-state index in [-0.39, 0.29) is 17.7 Å². The molecule has 80 valence electrons. The molecule has 0 atom stereocenters. The summed E-state index contributed by atoms with van der Waals surface area (Å²) in [6.07, 6.45) is 2.38. The normalized spacial score (nSPS) is 19.5. The lowest BCUT2D eigenvalue weighted by Gasteiger charge is -2.25. The fourth-order valence-electron chi connectivity index (χ4n) is 1.56.